The molecule has 0 aromatic heterocycles. The Hall–Kier alpha value is -1.95. The Balaban J connectivity index is 1.83. The Labute approximate surface area is 121 Å². The van der Waals surface area contributed by atoms with Gasteiger partial charge in [0.25, 0.3) is 0 Å². The van der Waals surface area contributed by atoms with Gasteiger partial charge in [0.2, 0.25) is 5.91 Å². The van der Waals surface area contributed by atoms with Gasteiger partial charge in [0.15, 0.2) is 0 Å². The van der Waals surface area contributed by atoms with Crippen molar-refractivity contribution in [2.75, 3.05) is 0 Å². The highest BCUT2D eigenvalue weighted by atomic mass is 19.1. The first kappa shape index (κ1) is 14.0. The van der Waals surface area contributed by atoms with Crippen molar-refractivity contribution in [3.8, 4) is 0 Å². The van der Waals surface area contributed by atoms with Crippen LogP contribution in [0.15, 0.2) is 18.2 Å². The molecule has 5 nitrogen and oxygen atoms in total. The van der Waals surface area contributed by atoms with E-state index in [-0.39, 0.29) is 23.6 Å². The van der Waals surface area contributed by atoms with Gasteiger partial charge >= 0.3 is 5.97 Å². The van der Waals surface area contributed by atoms with E-state index in [4.69, 9.17) is 5.73 Å². The molecule has 3 atom stereocenters. The van der Waals surface area contributed by atoms with Crippen molar-refractivity contribution >= 4 is 11.9 Å². The maximum atomic E-state index is 13.9. The smallest absolute Gasteiger partial charge is 0.308 e. The van der Waals surface area contributed by atoms with Gasteiger partial charge in [-0.05, 0) is 37.5 Å². The Kier molecular flexibility index (Phi) is 3.41. The molecule has 3 rings (SSSR count). The van der Waals surface area contributed by atoms with Crippen LogP contribution in [0.4, 0.5) is 4.39 Å². The van der Waals surface area contributed by atoms with Crippen LogP contribution in [0, 0.1) is 11.7 Å². The lowest BCUT2D eigenvalue weighted by molar-refractivity contribution is -0.142. The summed E-state index contributed by atoms with van der Waals surface area (Å²) in [4.78, 5) is 24.5. The lowest BCUT2D eigenvalue weighted by atomic mass is 9.89. The second kappa shape index (κ2) is 5.11. The summed E-state index contributed by atoms with van der Waals surface area (Å²) in [7, 11) is 0. The lowest BCUT2D eigenvalue weighted by Crippen LogP contribution is -2.32. The summed E-state index contributed by atoms with van der Waals surface area (Å²) in [6.07, 6.45) is 2.40. The number of hydrogen-bond acceptors (Lipinski definition) is 3. The van der Waals surface area contributed by atoms with Crippen LogP contribution in [0.1, 0.15) is 35.2 Å². The summed E-state index contributed by atoms with van der Waals surface area (Å²) in [5.41, 5.74) is 5.89. The average Bonchev–Trinajstić information content (AvgIpc) is 2.98. The fourth-order valence-electron chi connectivity index (χ4n) is 3.66. The van der Waals surface area contributed by atoms with Gasteiger partial charge in [0, 0.05) is 29.8 Å². The predicted octanol–water partition coefficient (Wildman–Crippen LogP) is 1.36. The monoisotopic (exact) mass is 292 g/mol. The third-order valence-electron chi connectivity index (χ3n) is 4.68. The number of nitrogens with two attached hydrogens (primary N) is 1. The van der Waals surface area contributed by atoms with Crippen LogP contribution in [-0.2, 0) is 11.3 Å². The fraction of sp³-hybridized carbons (Fsp3) is 0.467. The van der Waals surface area contributed by atoms with Crippen molar-refractivity contribution in [1.29, 1.82) is 0 Å². The minimum atomic E-state index is -0.779. The summed E-state index contributed by atoms with van der Waals surface area (Å²) in [6.45, 7) is 0.325. The van der Waals surface area contributed by atoms with Gasteiger partial charge in [0.05, 0.1) is 5.92 Å². The van der Waals surface area contributed by atoms with E-state index in [2.05, 4.69) is 4.90 Å². The van der Waals surface area contributed by atoms with Gasteiger partial charge in [0.1, 0.15) is 5.82 Å². The zero-order valence-corrected chi connectivity index (χ0v) is 11.5. The third-order valence-corrected chi connectivity index (χ3v) is 4.68. The summed E-state index contributed by atoms with van der Waals surface area (Å²) in [5, 5.41) is 9.23. The molecule has 0 saturated carbocycles. The summed E-state index contributed by atoms with van der Waals surface area (Å²) in [5.74, 6) is -2.13. The van der Waals surface area contributed by atoms with E-state index in [1.54, 1.807) is 0 Å². The number of hydrogen-bond donors (Lipinski definition) is 2. The number of carbonyl (C=O) groups is 2. The highest BCUT2D eigenvalue weighted by molar-refractivity contribution is 5.92. The standard InChI is InChI=1S/C15H17FN2O3/c16-12-3-1-8(14(17)19)5-9(12)7-18-10-2-4-13(18)11(6-10)15(20)21/h1,3,5,10-11,13H,2,4,6-7H2,(H2,17,19)(H,20,21). The molecule has 1 amide bonds. The van der Waals surface area contributed by atoms with Crippen molar-refractivity contribution < 1.29 is 19.1 Å². The van der Waals surface area contributed by atoms with Crippen molar-refractivity contribution in [2.45, 2.75) is 37.9 Å². The molecule has 2 fully saturated rings. The molecule has 1 aromatic carbocycles. The van der Waals surface area contributed by atoms with Gasteiger partial charge in [-0.15, -0.1) is 0 Å². The Morgan fingerprint density at radius 3 is 2.76 bits per heavy atom. The number of rotatable bonds is 4. The number of amides is 1. The molecule has 3 N–H and O–H groups in total. The Bertz CT molecular complexity index is 605. The molecule has 0 aliphatic carbocycles. The molecule has 1 aromatic rings. The second-order valence-electron chi connectivity index (χ2n) is 5.82. The van der Waals surface area contributed by atoms with E-state index < -0.39 is 17.7 Å². The van der Waals surface area contributed by atoms with Crippen molar-refractivity contribution in [3.05, 3.63) is 35.1 Å². The molecule has 3 unspecified atom stereocenters. The topological polar surface area (TPSA) is 83.6 Å². The number of benzene rings is 1. The van der Waals surface area contributed by atoms with Gasteiger partial charge in [-0.25, -0.2) is 4.39 Å². The number of carboxylic acids is 1. The molecular weight excluding hydrogens is 275 g/mol. The number of primary amides is 1. The van der Waals surface area contributed by atoms with Crippen LogP contribution in [0.3, 0.4) is 0 Å². The maximum absolute atomic E-state index is 13.9. The number of fused-ring (bicyclic) bond motifs is 2. The summed E-state index contributed by atoms with van der Waals surface area (Å²) < 4.78 is 13.9. The highest BCUT2D eigenvalue weighted by Gasteiger charge is 2.49. The average molecular weight is 292 g/mol. The molecule has 112 valence electrons. The first-order valence-electron chi connectivity index (χ1n) is 7.04. The normalized spacial score (nSPS) is 28.0. The van der Waals surface area contributed by atoms with Crippen LogP contribution in [-0.4, -0.2) is 34.0 Å². The third kappa shape index (κ3) is 2.40. The van der Waals surface area contributed by atoms with E-state index >= 15 is 0 Å². The van der Waals surface area contributed by atoms with Crippen molar-refractivity contribution in [1.82, 2.24) is 4.90 Å². The number of halogens is 1. The molecule has 21 heavy (non-hydrogen) atoms. The molecular formula is C15H17FN2O3. The molecule has 2 saturated heterocycles. The van der Waals surface area contributed by atoms with Gasteiger partial charge < -0.3 is 10.8 Å². The van der Waals surface area contributed by atoms with E-state index in [0.717, 1.165) is 12.8 Å². The zero-order chi connectivity index (χ0) is 15.1. The van der Waals surface area contributed by atoms with Crippen LogP contribution in [0.5, 0.6) is 0 Å². The minimum absolute atomic E-state index is 0.0378. The molecule has 6 heteroatoms. The minimum Gasteiger partial charge on any atom is -0.481 e. The maximum Gasteiger partial charge on any atom is 0.308 e. The van der Waals surface area contributed by atoms with E-state index in [0.29, 0.717) is 18.5 Å². The predicted molar refractivity (Wildman–Crippen MR) is 73.0 cm³/mol. The van der Waals surface area contributed by atoms with Crippen LogP contribution < -0.4 is 5.73 Å². The molecule has 0 radical (unpaired) electrons. The van der Waals surface area contributed by atoms with Gasteiger partial charge in [-0.2, -0.15) is 0 Å². The number of nitrogens with zero attached hydrogens (tertiary/aromatic N) is 1. The molecule has 2 heterocycles. The number of aliphatic carboxylic acids is 1. The van der Waals surface area contributed by atoms with Crippen LogP contribution in [0.2, 0.25) is 0 Å². The summed E-state index contributed by atoms with van der Waals surface area (Å²) >= 11 is 0. The second-order valence-corrected chi connectivity index (χ2v) is 5.82. The number of carbonyl (C=O) groups excluding carboxylic acids is 1. The summed E-state index contributed by atoms with van der Waals surface area (Å²) in [6, 6.07) is 4.21. The lowest BCUT2D eigenvalue weighted by Gasteiger charge is -2.23. The van der Waals surface area contributed by atoms with Crippen molar-refractivity contribution in [3.63, 3.8) is 0 Å². The molecule has 0 spiro atoms. The van der Waals surface area contributed by atoms with Gasteiger partial charge in [-0.1, -0.05) is 0 Å². The molecule has 2 bridgehead atoms. The van der Waals surface area contributed by atoms with Crippen molar-refractivity contribution in [2.24, 2.45) is 11.7 Å². The first-order chi connectivity index (χ1) is 9.97. The van der Waals surface area contributed by atoms with Gasteiger partial charge in [-0.3, -0.25) is 14.5 Å². The van der Waals surface area contributed by atoms with Crippen LogP contribution in [0.25, 0.3) is 0 Å². The highest BCUT2D eigenvalue weighted by Crippen LogP contribution is 2.42. The SMILES string of the molecule is NC(=O)c1ccc(F)c(CN2C3CCC2C(C(=O)O)C3)c1. The molecule has 2 aliphatic heterocycles. The zero-order valence-electron chi connectivity index (χ0n) is 11.5. The molecule has 2 aliphatic rings. The quantitative estimate of drug-likeness (QED) is 0.877. The number of carboxylic acid groups (broad SMARTS) is 1. The Morgan fingerprint density at radius 2 is 2.14 bits per heavy atom. The fourth-order valence-corrected chi connectivity index (χ4v) is 3.66. The first-order valence-corrected chi connectivity index (χ1v) is 7.04. The van der Waals surface area contributed by atoms with E-state index in [1.807, 2.05) is 0 Å². The van der Waals surface area contributed by atoms with E-state index in [1.165, 1.54) is 18.2 Å². The van der Waals surface area contributed by atoms with E-state index in [9.17, 15) is 19.1 Å². The Morgan fingerprint density at radius 1 is 1.38 bits per heavy atom. The van der Waals surface area contributed by atoms with Crippen LogP contribution >= 0.6 is 0 Å². The largest absolute Gasteiger partial charge is 0.481 e.